The molecule has 0 aliphatic carbocycles. The SMILES string of the molecule is Cn1nc(-c2ccccc2)c2c1N(CC(=O)NCc1cccnc1)C(=O)CS[C@@H]2c1ccc(F)cc1F. The second-order valence-electron chi connectivity index (χ2n) is 8.55. The van der Waals surface area contributed by atoms with Gasteiger partial charge in [-0.2, -0.15) is 5.10 Å². The van der Waals surface area contributed by atoms with Gasteiger partial charge in [0.15, 0.2) is 0 Å². The number of aryl methyl sites for hydroxylation is 1. The van der Waals surface area contributed by atoms with Gasteiger partial charge in [0.1, 0.15) is 24.0 Å². The molecule has 0 radical (unpaired) electrons. The predicted molar refractivity (Wildman–Crippen MR) is 138 cm³/mol. The minimum atomic E-state index is -0.707. The van der Waals surface area contributed by atoms with E-state index < -0.39 is 16.9 Å². The van der Waals surface area contributed by atoms with Gasteiger partial charge in [-0.1, -0.05) is 42.5 Å². The van der Waals surface area contributed by atoms with Crippen LogP contribution in [0, 0.1) is 11.6 Å². The Balaban J connectivity index is 1.56. The van der Waals surface area contributed by atoms with Crippen molar-refractivity contribution in [3.05, 3.63) is 101 Å². The van der Waals surface area contributed by atoms with E-state index in [1.807, 2.05) is 36.4 Å². The number of fused-ring (bicyclic) bond motifs is 1. The summed E-state index contributed by atoms with van der Waals surface area (Å²) < 4.78 is 30.3. The van der Waals surface area contributed by atoms with Crippen molar-refractivity contribution in [3.8, 4) is 11.3 Å². The molecular weight excluding hydrogens is 496 g/mol. The van der Waals surface area contributed by atoms with Crippen LogP contribution in [0.15, 0.2) is 73.1 Å². The van der Waals surface area contributed by atoms with E-state index in [1.165, 1.54) is 28.8 Å². The Bertz CT molecular complexity index is 1450. The number of amides is 2. The summed E-state index contributed by atoms with van der Waals surface area (Å²) >= 11 is 1.22. The Kier molecular flexibility index (Phi) is 7.00. The number of aromatic nitrogens is 3. The fraction of sp³-hybridized carbons (Fsp3) is 0.185. The van der Waals surface area contributed by atoms with Gasteiger partial charge in [0, 0.05) is 48.7 Å². The first-order chi connectivity index (χ1) is 17.9. The first-order valence-corrected chi connectivity index (χ1v) is 12.6. The summed E-state index contributed by atoms with van der Waals surface area (Å²) in [4.78, 5) is 31.7. The highest BCUT2D eigenvalue weighted by atomic mass is 32.2. The van der Waals surface area contributed by atoms with Gasteiger partial charge in [-0.25, -0.2) is 8.78 Å². The van der Waals surface area contributed by atoms with Crippen LogP contribution in [-0.2, 0) is 23.2 Å². The number of benzene rings is 2. The molecule has 0 unspecified atom stereocenters. The van der Waals surface area contributed by atoms with Crippen molar-refractivity contribution < 1.29 is 18.4 Å². The van der Waals surface area contributed by atoms with Crippen molar-refractivity contribution in [2.75, 3.05) is 17.2 Å². The molecule has 3 heterocycles. The van der Waals surface area contributed by atoms with E-state index in [1.54, 1.807) is 30.2 Å². The minimum absolute atomic E-state index is 0.000276. The summed E-state index contributed by atoms with van der Waals surface area (Å²) in [6.45, 7) is 0.0272. The van der Waals surface area contributed by atoms with Crippen LogP contribution in [0.1, 0.15) is 21.9 Å². The van der Waals surface area contributed by atoms with E-state index in [2.05, 4.69) is 15.4 Å². The third kappa shape index (κ3) is 5.10. The van der Waals surface area contributed by atoms with Crippen molar-refractivity contribution in [3.63, 3.8) is 0 Å². The monoisotopic (exact) mass is 519 g/mol. The molecule has 4 aromatic rings. The molecule has 0 saturated heterocycles. The largest absolute Gasteiger partial charge is 0.350 e. The Labute approximate surface area is 216 Å². The van der Waals surface area contributed by atoms with Gasteiger partial charge in [-0.05, 0) is 17.7 Å². The van der Waals surface area contributed by atoms with E-state index in [0.717, 1.165) is 17.2 Å². The molecule has 188 valence electrons. The number of anilines is 1. The van der Waals surface area contributed by atoms with E-state index in [9.17, 15) is 14.0 Å². The van der Waals surface area contributed by atoms with Gasteiger partial charge in [-0.15, -0.1) is 11.8 Å². The maximum atomic E-state index is 15.0. The van der Waals surface area contributed by atoms with Crippen LogP contribution in [0.4, 0.5) is 14.6 Å². The van der Waals surface area contributed by atoms with Crippen LogP contribution in [0.5, 0.6) is 0 Å². The molecule has 0 saturated carbocycles. The summed E-state index contributed by atoms with van der Waals surface area (Å²) in [5, 5.41) is 6.86. The highest BCUT2D eigenvalue weighted by Crippen LogP contribution is 2.48. The van der Waals surface area contributed by atoms with Gasteiger partial charge in [0.2, 0.25) is 11.8 Å². The lowest BCUT2D eigenvalue weighted by molar-refractivity contribution is -0.123. The van der Waals surface area contributed by atoms with Gasteiger partial charge in [0.05, 0.1) is 16.7 Å². The zero-order chi connectivity index (χ0) is 25.9. The Morgan fingerprint density at radius 1 is 1.14 bits per heavy atom. The number of rotatable bonds is 6. The van der Waals surface area contributed by atoms with Crippen LogP contribution in [0.25, 0.3) is 11.3 Å². The average molecular weight is 520 g/mol. The van der Waals surface area contributed by atoms with Crippen LogP contribution < -0.4 is 10.2 Å². The topological polar surface area (TPSA) is 80.1 Å². The van der Waals surface area contributed by atoms with E-state index in [0.29, 0.717) is 17.1 Å². The molecule has 37 heavy (non-hydrogen) atoms. The van der Waals surface area contributed by atoms with Gasteiger partial charge < -0.3 is 5.32 Å². The first-order valence-electron chi connectivity index (χ1n) is 11.6. The fourth-order valence-electron chi connectivity index (χ4n) is 4.36. The molecule has 2 aromatic heterocycles. The zero-order valence-corrected chi connectivity index (χ0v) is 20.7. The fourth-order valence-corrected chi connectivity index (χ4v) is 5.58. The standard InChI is InChI=1S/C27H23F2N5O2S/c1-33-27-24(25(32-33)18-7-3-2-4-8-18)26(20-10-9-19(28)12-21(20)29)37-16-23(36)34(27)15-22(35)31-14-17-6-5-11-30-13-17/h2-13,26H,14-16H2,1H3,(H,31,35)/t26-/m1/s1. The number of hydrogen-bond donors (Lipinski definition) is 1. The Hall–Kier alpha value is -4.05. The maximum Gasteiger partial charge on any atom is 0.240 e. The van der Waals surface area contributed by atoms with Crippen molar-refractivity contribution in [2.45, 2.75) is 11.8 Å². The maximum absolute atomic E-state index is 15.0. The molecular formula is C27H23F2N5O2S. The number of carbonyl (C=O) groups excluding carboxylic acids is 2. The van der Waals surface area contributed by atoms with Crippen LogP contribution >= 0.6 is 11.8 Å². The molecule has 5 rings (SSSR count). The van der Waals surface area contributed by atoms with Crippen molar-refractivity contribution in [1.29, 1.82) is 0 Å². The number of carbonyl (C=O) groups is 2. The summed E-state index contributed by atoms with van der Waals surface area (Å²) in [6.07, 6.45) is 3.30. The third-order valence-corrected chi connectivity index (χ3v) is 7.29. The van der Waals surface area contributed by atoms with E-state index >= 15 is 4.39 Å². The highest BCUT2D eigenvalue weighted by Gasteiger charge is 2.37. The normalized spacial score (nSPS) is 15.3. The number of nitrogens with zero attached hydrogens (tertiary/aromatic N) is 4. The van der Waals surface area contributed by atoms with Gasteiger partial charge in [-0.3, -0.25) is 24.2 Å². The number of hydrogen-bond acceptors (Lipinski definition) is 5. The molecule has 2 aromatic carbocycles. The molecule has 2 amide bonds. The van der Waals surface area contributed by atoms with Gasteiger partial charge in [0.25, 0.3) is 0 Å². The molecule has 1 aliphatic rings. The lowest BCUT2D eigenvalue weighted by atomic mass is 9.99. The summed E-state index contributed by atoms with van der Waals surface area (Å²) in [7, 11) is 1.69. The predicted octanol–water partition coefficient (Wildman–Crippen LogP) is 4.25. The molecule has 1 atom stereocenters. The number of pyridine rings is 1. The lowest BCUT2D eigenvalue weighted by Gasteiger charge is -2.22. The first kappa shape index (κ1) is 24.6. The third-order valence-electron chi connectivity index (χ3n) is 6.05. The quantitative estimate of drug-likeness (QED) is 0.412. The van der Waals surface area contributed by atoms with Crippen LogP contribution in [0.2, 0.25) is 0 Å². The van der Waals surface area contributed by atoms with Crippen molar-refractivity contribution >= 4 is 29.4 Å². The Morgan fingerprint density at radius 2 is 1.95 bits per heavy atom. The minimum Gasteiger partial charge on any atom is -0.350 e. The molecule has 0 fully saturated rings. The number of thioether (sulfide) groups is 1. The smallest absolute Gasteiger partial charge is 0.240 e. The Morgan fingerprint density at radius 3 is 2.68 bits per heavy atom. The average Bonchev–Trinajstić information content (AvgIpc) is 3.17. The summed E-state index contributed by atoms with van der Waals surface area (Å²) in [5.74, 6) is -1.66. The van der Waals surface area contributed by atoms with E-state index in [-0.39, 0.29) is 36.2 Å². The zero-order valence-electron chi connectivity index (χ0n) is 19.9. The van der Waals surface area contributed by atoms with Crippen molar-refractivity contribution in [1.82, 2.24) is 20.1 Å². The summed E-state index contributed by atoms with van der Waals surface area (Å²) in [6, 6.07) is 16.4. The second kappa shape index (κ2) is 10.5. The van der Waals surface area contributed by atoms with Crippen LogP contribution in [0.3, 0.4) is 0 Å². The molecule has 0 spiro atoms. The molecule has 0 bridgehead atoms. The molecule has 7 nitrogen and oxygen atoms in total. The van der Waals surface area contributed by atoms with Crippen LogP contribution in [-0.4, -0.2) is 38.9 Å². The number of halogens is 2. The molecule has 1 N–H and O–H groups in total. The second-order valence-corrected chi connectivity index (χ2v) is 9.64. The van der Waals surface area contributed by atoms with Gasteiger partial charge >= 0.3 is 0 Å². The molecule has 1 aliphatic heterocycles. The highest BCUT2D eigenvalue weighted by molar-refractivity contribution is 8.00. The molecule has 10 heteroatoms. The van der Waals surface area contributed by atoms with E-state index in [4.69, 9.17) is 0 Å². The van der Waals surface area contributed by atoms with Crippen molar-refractivity contribution in [2.24, 2.45) is 7.05 Å². The summed E-state index contributed by atoms with van der Waals surface area (Å²) in [5.41, 5.74) is 3.01. The lowest BCUT2D eigenvalue weighted by Crippen LogP contribution is -2.42. The number of nitrogens with one attached hydrogen (secondary N) is 1.